The van der Waals surface area contributed by atoms with Gasteiger partial charge in [0.2, 0.25) is 0 Å². The van der Waals surface area contributed by atoms with Gasteiger partial charge in [-0.25, -0.2) is 0 Å². The molecule has 25 heavy (non-hydrogen) atoms. The van der Waals surface area contributed by atoms with Gasteiger partial charge in [-0.1, -0.05) is 12.8 Å². The van der Waals surface area contributed by atoms with Gasteiger partial charge in [0.15, 0.2) is 5.43 Å². The number of halogens is 3. The van der Waals surface area contributed by atoms with E-state index < -0.39 is 29.9 Å². The van der Waals surface area contributed by atoms with Crippen LogP contribution in [-0.4, -0.2) is 22.1 Å². The molecule has 1 amide bonds. The molecule has 2 atom stereocenters. The lowest BCUT2D eigenvalue weighted by molar-refractivity contribution is -0.146. The third-order valence-corrected chi connectivity index (χ3v) is 4.74. The molecule has 0 radical (unpaired) electrons. The molecule has 2 aromatic heterocycles. The van der Waals surface area contributed by atoms with Crippen molar-refractivity contribution in [2.24, 2.45) is 11.7 Å². The normalized spacial score (nSPS) is 21.4. The van der Waals surface area contributed by atoms with Crippen molar-refractivity contribution in [3.63, 3.8) is 0 Å². The van der Waals surface area contributed by atoms with Gasteiger partial charge in [-0.3, -0.25) is 14.6 Å². The van der Waals surface area contributed by atoms with Gasteiger partial charge >= 0.3 is 6.18 Å². The summed E-state index contributed by atoms with van der Waals surface area (Å²) in [5.41, 5.74) is 5.76. The van der Waals surface area contributed by atoms with Gasteiger partial charge in [0.25, 0.3) is 5.91 Å². The van der Waals surface area contributed by atoms with Crippen LogP contribution in [0.3, 0.4) is 0 Å². The molecule has 0 bridgehead atoms. The van der Waals surface area contributed by atoms with Crippen molar-refractivity contribution in [3.8, 4) is 0 Å². The molecule has 3 N–H and O–H groups in total. The van der Waals surface area contributed by atoms with Crippen LogP contribution in [-0.2, 0) is 0 Å². The molecule has 2 heterocycles. The van der Waals surface area contributed by atoms with Gasteiger partial charge in [0.1, 0.15) is 5.69 Å². The molecule has 5 nitrogen and oxygen atoms in total. The van der Waals surface area contributed by atoms with Crippen LogP contribution in [0.5, 0.6) is 0 Å². The van der Waals surface area contributed by atoms with Crippen molar-refractivity contribution in [1.82, 2.24) is 9.97 Å². The lowest BCUT2D eigenvalue weighted by Gasteiger charge is -2.29. The Morgan fingerprint density at radius 2 is 2.12 bits per heavy atom. The predicted octanol–water partition coefficient (Wildman–Crippen LogP) is 3.25. The predicted molar refractivity (Wildman–Crippen MR) is 86.3 cm³/mol. The number of carbonyl (C=O) groups excluding carboxylic acids is 1. The average Bonchev–Trinajstić information content (AvgIpc) is 2.52. The number of nitrogens with zero attached hydrogens (tertiary/aromatic N) is 1. The number of aromatic amines is 1. The molecule has 0 aromatic carbocycles. The minimum atomic E-state index is -4.18. The molecular formula is C17H18F3N3O2. The Balaban J connectivity index is 1.94. The Labute approximate surface area is 141 Å². The first kappa shape index (κ1) is 17.4. The van der Waals surface area contributed by atoms with E-state index in [4.69, 9.17) is 5.73 Å². The Hall–Kier alpha value is -2.38. The molecular weight excluding hydrogens is 335 g/mol. The SMILES string of the molecule is NC(=O)c1nccc2[nH]c(C3CCCC(CC(F)(F)F)C3)cc(=O)c12. The topological polar surface area (TPSA) is 88.8 Å². The zero-order valence-electron chi connectivity index (χ0n) is 13.4. The second-order valence-corrected chi connectivity index (χ2v) is 6.58. The molecule has 1 saturated carbocycles. The van der Waals surface area contributed by atoms with Gasteiger partial charge in [-0.05, 0) is 30.7 Å². The standard InChI is InChI=1S/C17H18F3N3O2/c18-17(19,20)8-9-2-1-3-10(6-9)12-7-13(24)14-11(23-12)4-5-22-15(14)16(21)25/h4-5,7,9-10H,1-3,6,8H2,(H2,21,25)(H,23,24). The monoisotopic (exact) mass is 353 g/mol. The number of nitrogens with two attached hydrogens (primary N) is 1. The second kappa shape index (κ2) is 6.50. The highest BCUT2D eigenvalue weighted by atomic mass is 19.4. The first-order chi connectivity index (χ1) is 11.7. The van der Waals surface area contributed by atoms with E-state index in [9.17, 15) is 22.8 Å². The number of alkyl halides is 3. The van der Waals surface area contributed by atoms with E-state index in [0.29, 0.717) is 30.5 Å². The van der Waals surface area contributed by atoms with E-state index in [0.717, 1.165) is 6.42 Å². The van der Waals surface area contributed by atoms with Crippen molar-refractivity contribution in [1.29, 1.82) is 0 Å². The molecule has 1 aliphatic carbocycles. The van der Waals surface area contributed by atoms with Crippen molar-refractivity contribution in [2.45, 2.75) is 44.2 Å². The number of rotatable bonds is 3. The van der Waals surface area contributed by atoms with Crippen LogP contribution in [0.2, 0.25) is 0 Å². The molecule has 0 spiro atoms. The summed E-state index contributed by atoms with van der Waals surface area (Å²) in [6.07, 6.45) is -1.26. The van der Waals surface area contributed by atoms with Crippen LogP contribution in [0.25, 0.3) is 10.9 Å². The Kier molecular flexibility index (Phi) is 4.53. The van der Waals surface area contributed by atoms with Crippen molar-refractivity contribution in [3.05, 3.63) is 39.9 Å². The van der Waals surface area contributed by atoms with Crippen molar-refractivity contribution in [2.75, 3.05) is 0 Å². The zero-order chi connectivity index (χ0) is 18.2. The number of fused-ring (bicyclic) bond motifs is 1. The van der Waals surface area contributed by atoms with Gasteiger partial charge in [-0.15, -0.1) is 0 Å². The fraction of sp³-hybridized carbons (Fsp3) is 0.471. The van der Waals surface area contributed by atoms with E-state index >= 15 is 0 Å². The van der Waals surface area contributed by atoms with Gasteiger partial charge in [0.05, 0.1) is 10.9 Å². The molecule has 0 aliphatic heterocycles. The summed E-state index contributed by atoms with van der Waals surface area (Å²) >= 11 is 0. The number of aromatic nitrogens is 2. The minimum Gasteiger partial charge on any atom is -0.364 e. The van der Waals surface area contributed by atoms with Crippen LogP contribution in [0.15, 0.2) is 23.1 Å². The van der Waals surface area contributed by atoms with Crippen LogP contribution in [0.4, 0.5) is 13.2 Å². The Bertz CT molecular complexity index is 860. The van der Waals surface area contributed by atoms with Crippen molar-refractivity contribution >= 4 is 16.8 Å². The first-order valence-corrected chi connectivity index (χ1v) is 8.13. The van der Waals surface area contributed by atoms with Crippen LogP contribution in [0, 0.1) is 5.92 Å². The maximum Gasteiger partial charge on any atom is 0.389 e. The lowest BCUT2D eigenvalue weighted by atomic mass is 9.78. The van der Waals surface area contributed by atoms with Gasteiger partial charge in [0, 0.05) is 24.4 Å². The summed E-state index contributed by atoms with van der Waals surface area (Å²) in [5, 5.41) is 0.112. The van der Waals surface area contributed by atoms with Gasteiger partial charge in [-0.2, -0.15) is 13.2 Å². The highest BCUT2D eigenvalue weighted by molar-refractivity contribution is 6.03. The number of hydrogen-bond donors (Lipinski definition) is 2. The fourth-order valence-corrected chi connectivity index (χ4v) is 3.71. The summed E-state index contributed by atoms with van der Waals surface area (Å²) in [5.74, 6) is -1.37. The lowest BCUT2D eigenvalue weighted by Crippen LogP contribution is -2.23. The van der Waals surface area contributed by atoms with Crippen LogP contribution < -0.4 is 11.2 Å². The molecule has 1 aliphatic rings. The number of carbonyl (C=O) groups is 1. The molecule has 0 saturated heterocycles. The van der Waals surface area contributed by atoms with E-state index in [1.54, 1.807) is 6.07 Å². The summed E-state index contributed by atoms with van der Waals surface area (Å²) < 4.78 is 38.0. The number of hydrogen-bond acceptors (Lipinski definition) is 3. The van der Waals surface area contributed by atoms with E-state index in [1.807, 2.05) is 0 Å². The fourth-order valence-electron chi connectivity index (χ4n) is 3.71. The summed E-state index contributed by atoms with van der Waals surface area (Å²) in [6, 6.07) is 2.92. The number of primary amides is 1. The second-order valence-electron chi connectivity index (χ2n) is 6.58. The van der Waals surface area contributed by atoms with E-state index in [-0.39, 0.29) is 17.0 Å². The average molecular weight is 353 g/mol. The quantitative estimate of drug-likeness (QED) is 0.888. The number of H-pyrrole nitrogens is 1. The molecule has 134 valence electrons. The molecule has 3 rings (SSSR count). The maximum absolute atomic E-state index is 12.7. The molecule has 2 unspecified atom stereocenters. The van der Waals surface area contributed by atoms with Crippen molar-refractivity contribution < 1.29 is 18.0 Å². The molecule has 8 heteroatoms. The smallest absolute Gasteiger partial charge is 0.364 e. The highest BCUT2D eigenvalue weighted by Crippen LogP contribution is 2.40. The Morgan fingerprint density at radius 1 is 1.36 bits per heavy atom. The third-order valence-electron chi connectivity index (χ3n) is 4.74. The molecule has 2 aromatic rings. The van der Waals surface area contributed by atoms with Crippen LogP contribution in [0.1, 0.15) is 54.2 Å². The summed E-state index contributed by atoms with van der Waals surface area (Å²) in [4.78, 5) is 30.8. The third kappa shape index (κ3) is 3.83. The highest BCUT2D eigenvalue weighted by Gasteiger charge is 2.35. The van der Waals surface area contributed by atoms with Gasteiger partial charge < -0.3 is 10.7 Å². The number of nitrogens with one attached hydrogen (secondary N) is 1. The number of amides is 1. The number of pyridine rings is 2. The first-order valence-electron chi connectivity index (χ1n) is 8.13. The van der Waals surface area contributed by atoms with Crippen LogP contribution >= 0.6 is 0 Å². The Morgan fingerprint density at radius 3 is 2.80 bits per heavy atom. The molecule has 1 fully saturated rings. The minimum absolute atomic E-state index is 0.108. The summed E-state index contributed by atoms with van der Waals surface area (Å²) in [6.45, 7) is 0. The maximum atomic E-state index is 12.7. The largest absolute Gasteiger partial charge is 0.389 e. The zero-order valence-corrected chi connectivity index (χ0v) is 13.4. The van der Waals surface area contributed by atoms with E-state index in [1.165, 1.54) is 12.3 Å². The summed E-state index contributed by atoms with van der Waals surface area (Å²) in [7, 11) is 0. The van der Waals surface area contributed by atoms with E-state index in [2.05, 4.69) is 9.97 Å².